The predicted molar refractivity (Wildman–Crippen MR) is 105 cm³/mol. The zero-order valence-corrected chi connectivity index (χ0v) is 15.4. The zero-order chi connectivity index (χ0) is 19.9. The van der Waals surface area contributed by atoms with Crippen molar-refractivity contribution < 1.29 is 19.5 Å². The summed E-state index contributed by atoms with van der Waals surface area (Å²) in [6.07, 6.45) is 5.63. The van der Waals surface area contributed by atoms with Gasteiger partial charge >= 0.3 is 12.0 Å². The summed E-state index contributed by atoms with van der Waals surface area (Å²) < 4.78 is 0. The zero-order valence-electron chi connectivity index (χ0n) is 15.4. The minimum absolute atomic E-state index is 0.00766. The molecule has 8 heteroatoms. The van der Waals surface area contributed by atoms with Gasteiger partial charge in [-0.05, 0) is 49.2 Å². The minimum Gasteiger partial charge on any atom is -0.478 e. The number of anilines is 2. The second-order valence-corrected chi connectivity index (χ2v) is 6.60. The number of likely N-dealkylation sites (tertiary alicyclic amines) is 1. The molecule has 0 radical (unpaired) electrons. The van der Waals surface area contributed by atoms with Crippen molar-refractivity contribution in [2.45, 2.75) is 25.7 Å². The average molecular weight is 382 g/mol. The summed E-state index contributed by atoms with van der Waals surface area (Å²) in [5.74, 6) is -1.63. The number of carbonyl (C=O) groups is 3. The smallest absolute Gasteiger partial charge is 0.335 e. The predicted octanol–water partition coefficient (Wildman–Crippen LogP) is 3.44. The fourth-order valence-corrected chi connectivity index (χ4v) is 3.00. The number of pyridine rings is 1. The van der Waals surface area contributed by atoms with Crippen LogP contribution < -0.4 is 10.6 Å². The second kappa shape index (κ2) is 8.98. The lowest BCUT2D eigenvalue weighted by atomic mass is 10.2. The molecular formula is C20H22N4O4. The number of carboxylic acids is 1. The van der Waals surface area contributed by atoms with Gasteiger partial charge in [-0.25, -0.2) is 9.59 Å². The van der Waals surface area contributed by atoms with Gasteiger partial charge in [-0.15, -0.1) is 0 Å². The molecule has 2 heterocycles. The summed E-state index contributed by atoms with van der Waals surface area (Å²) in [7, 11) is 0. The molecule has 0 atom stereocenters. The van der Waals surface area contributed by atoms with Crippen LogP contribution in [0, 0.1) is 0 Å². The Kier molecular flexibility index (Phi) is 6.21. The van der Waals surface area contributed by atoms with E-state index in [1.165, 1.54) is 18.3 Å². The van der Waals surface area contributed by atoms with E-state index >= 15 is 0 Å². The van der Waals surface area contributed by atoms with Gasteiger partial charge in [-0.2, -0.15) is 0 Å². The molecule has 1 aromatic heterocycles. The Morgan fingerprint density at radius 1 is 0.893 bits per heavy atom. The number of urea groups is 1. The van der Waals surface area contributed by atoms with Crippen LogP contribution in [0.15, 0.2) is 42.6 Å². The number of amides is 3. The number of hydrogen-bond acceptors (Lipinski definition) is 4. The summed E-state index contributed by atoms with van der Waals surface area (Å²) in [5, 5.41) is 14.5. The van der Waals surface area contributed by atoms with Crippen molar-refractivity contribution >= 4 is 29.3 Å². The Morgan fingerprint density at radius 2 is 1.50 bits per heavy atom. The molecule has 1 fully saturated rings. The monoisotopic (exact) mass is 382 g/mol. The largest absolute Gasteiger partial charge is 0.478 e. The Balaban J connectivity index is 1.59. The lowest BCUT2D eigenvalue weighted by Crippen LogP contribution is -2.35. The van der Waals surface area contributed by atoms with Crippen molar-refractivity contribution in [3.8, 4) is 0 Å². The molecule has 0 aliphatic carbocycles. The summed E-state index contributed by atoms with van der Waals surface area (Å²) in [6, 6.07) is 9.15. The van der Waals surface area contributed by atoms with Crippen molar-refractivity contribution in [2.24, 2.45) is 0 Å². The molecule has 146 valence electrons. The molecule has 3 N–H and O–H groups in total. The molecule has 0 bridgehead atoms. The quantitative estimate of drug-likeness (QED) is 0.750. The molecule has 3 amide bonds. The van der Waals surface area contributed by atoms with Crippen LogP contribution >= 0.6 is 0 Å². The van der Waals surface area contributed by atoms with Crippen LogP contribution in [0.2, 0.25) is 0 Å². The first-order chi connectivity index (χ1) is 13.5. The van der Waals surface area contributed by atoms with Crippen LogP contribution in [0.4, 0.5) is 16.2 Å². The molecule has 3 rings (SSSR count). The average Bonchev–Trinajstić information content (AvgIpc) is 2.99. The number of benzene rings is 1. The highest BCUT2D eigenvalue weighted by Gasteiger charge is 2.15. The number of aromatic nitrogens is 1. The van der Waals surface area contributed by atoms with Gasteiger partial charge in [0.05, 0.1) is 5.56 Å². The molecule has 1 aliphatic rings. The molecule has 0 spiro atoms. The SMILES string of the molecule is O=C(O)c1ccnc(C(=O)Nc2ccc(NC(=O)N3CCCCCC3)cc2)c1. The van der Waals surface area contributed by atoms with Gasteiger partial charge in [0.1, 0.15) is 5.69 Å². The maximum absolute atomic E-state index is 12.3. The van der Waals surface area contributed by atoms with Crippen LogP contribution in [0.3, 0.4) is 0 Å². The molecule has 2 aromatic rings. The van der Waals surface area contributed by atoms with Crippen molar-refractivity contribution in [3.63, 3.8) is 0 Å². The number of rotatable bonds is 4. The van der Waals surface area contributed by atoms with Gasteiger partial charge in [0, 0.05) is 30.7 Å². The highest BCUT2D eigenvalue weighted by Crippen LogP contribution is 2.16. The molecule has 1 aliphatic heterocycles. The lowest BCUT2D eigenvalue weighted by Gasteiger charge is -2.20. The Hall–Kier alpha value is -3.42. The fraction of sp³-hybridized carbons (Fsp3) is 0.300. The van der Waals surface area contributed by atoms with E-state index in [9.17, 15) is 14.4 Å². The third-order valence-corrected chi connectivity index (χ3v) is 4.53. The molecule has 1 saturated heterocycles. The van der Waals surface area contributed by atoms with E-state index in [1.807, 2.05) is 4.90 Å². The summed E-state index contributed by atoms with van der Waals surface area (Å²) >= 11 is 0. The van der Waals surface area contributed by atoms with Gasteiger partial charge in [0.25, 0.3) is 5.91 Å². The molecular weight excluding hydrogens is 360 g/mol. The first-order valence-corrected chi connectivity index (χ1v) is 9.19. The number of hydrogen-bond donors (Lipinski definition) is 3. The van der Waals surface area contributed by atoms with E-state index in [2.05, 4.69) is 15.6 Å². The van der Waals surface area contributed by atoms with E-state index in [1.54, 1.807) is 24.3 Å². The Labute approximate surface area is 162 Å². The molecule has 8 nitrogen and oxygen atoms in total. The highest BCUT2D eigenvalue weighted by atomic mass is 16.4. The van der Waals surface area contributed by atoms with Gasteiger partial charge in [-0.3, -0.25) is 9.78 Å². The summed E-state index contributed by atoms with van der Waals surface area (Å²) in [5.41, 5.74) is 1.16. The number of carbonyl (C=O) groups excluding carboxylic acids is 2. The molecule has 0 saturated carbocycles. The minimum atomic E-state index is -1.12. The van der Waals surface area contributed by atoms with Crippen molar-refractivity contribution in [3.05, 3.63) is 53.9 Å². The van der Waals surface area contributed by atoms with Crippen molar-refractivity contribution in [2.75, 3.05) is 23.7 Å². The number of nitrogens with zero attached hydrogens (tertiary/aromatic N) is 2. The van der Waals surface area contributed by atoms with E-state index in [0.29, 0.717) is 11.4 Å². The standard InChI is InChI=1S/C20H22N4O4/c25-18(17-13-14(19(26)27)9-10-21-17)22-15-5-7-16(8-6-15)23-20(28)24-11-3-1-2-4-12-24/h5-10,13H,1-4,11-12H2,(H,22,25)(H,23,28)(H,26,27). The van der Waals surface area contributed by atoms with Crippen LogP contribution in [0.5, 0.6) is 0 Å². The molecule has 1 aromatic carbocycles. The maximum Gasteiger partial charge on any atom is 0.335 e. The van der Waals surface area contributed by atoms with E-state index in [0.717, 1.165) is 38.8 Å². The summed E-state index contributed by atoms with van der Waals surface area (Å²) in [4.78, 5) is 41.3. The molecule has 28 heavy (non-hydrogen) atoms. The first kappa shape index (κ1) is 19.3. The van der Waals surface area contributed by atoms with E-state index in [-0.39, 0.29) is 17.3 Å². The number of aromatic carboxylic acids is 1. The van der Waals surface area contributed by atoms with E-state index < -0.39 is 11.9 Å². The van der Waals surface area contributed by atoms with Gasteiger partial charge < -0.3 is 20.6 Å². The van der Waals surface area contributed by atoms with Crippen LogP contribution in [0.25, 0.3) is 0 Å². The Morgan fingerprint density at radius 3 is 2.11 bits per heavy atom. The number of nitrogens with one attached hydrogen (secondary N) is 2. The normalized spacial score (nSPS) is 14.1. The summed E-state index contributed by atoms with van der Waals surface area (Å²) in [6.45, 7) is 1.53. The fourth-order valence-electron chi connectivity index (χ4n) is 3.00. The third kappa shape index (κ3) is 5.06. The highest BCUT2D eigenvalue weighted by molar-refractivity contribution is 6.04. The first-order valence-electron chi connectivity index (χ1n) is 9.19. The number of carboxylic acid groups (broad SMARTS) is 1. The van der Waals surface area contributed by atoms with Crippen LogP contribution in [-0.2, 0) is 0 Å². The molecule has 0 unspecified atom stereocenters. The van der Waals surface area contributed by atoms with Gasteiger partial charge in [0.15, 0.2) is 0 Å². The maximum atomic E-state index is 12.3. The second-order valence-electron chi connectivity index (χ2n) is 6.60. The van der Waals surface area contributed by atoms with Gasteiger partial charge in [-0.1, -0.05) is 12.8 Å². The van der Waals surface area contributed by atoms with E-state index in [4.69, 9.17) is 5.11 Å². The van der Waals surface area contributed by atoms with Crippen molar-refractivity contribution in [1.82, 2.24) is 9.88 Å². The van der Waals surface area contributed by atoms with Crippen LogP contribution in [0.1, 0.15) is 46.5 Å². The Bertz CT molecular complexity index is 859. The third-order valence-electron chi connectivity index (χ3n) is 4.53. The van der Waals surface area contributed by atoms with Crippen molar-refractivity contribution in [1.29, 1.82) is 0 Å². The van der Waals surface area contributed by atoms with Crippen LogP contribution in [-0.4, -0.2) is 46.0 Å². The topological polar surface area (TPSA) is 112 Å². The lowest BCUT2D eigenvalue weighted by molar-refractivity contribution is 0.0696. The van der Waals surface area contributed by atoms with Gasteiger partial charge in [0.2, 0.25) is 0 Å².